The van der Waals surface area contributed by atoms with Gasteiger partial charge in [-0.1, -0.05) is 84.9 Å². The molecule has 0 aliphatic rings. The van der Waals surface area contributed by atoms with E-state index in [1.807, 2.05) is 61.7 Å². The summed E-state index contributed by atoms with van der Waals surface area (Å²) in [7, 11) is 0. The maximum atomic E-state index is 13.2. The van der Waals surface area contributed by atoms with E-state index in [-0.39, 0.29) is 26.2 Å². The summed E-state index contributed by atoms with van der Waals surface area (Å²) in [5, 5.41) is 14.8. The van der Waals surface area contributed by atoms with Crippen LogP contribution in [0.15, 0.2) is 91.0 Å². The van der Waals surface area contributed by atoms with Gasteiger partial charge in [0.15, 0.2) is 0 Å². The second-order valence-corrected chi connectivity index (χ2v) is 10.0. The molecule has 0 saturated carbocycles. The van der Waals surface area contributed by atoms with Gasteiger partial charge in [0, 0.05) is 5.56 Å². The van der Waals surface area contributed by atoms with Crippen LogP contribution in [0.4, 0.5) is 0 Å². The van der Waals surface area contributed by atoms with Gasteiger partial charge in [-0.3, -0.25) is 4.79 Å². The van der Waals surface area contributed by atoms with Crippen LogP contribution in [0.2, 0.25) is 0 Å². The van der Waals surface area contributed by atoms with Crippen LogP contribution in [-0.4, -0.2) is 35.0 Å². The third-order valence-corrected chi connectivity index (χ3v) is 7.06. The molecule has 0 unspecified atom stereocenters. The molecule has 38 heavy (non-hydrogen) atoms. The SMILES string of the molecule is CSCC[C@H](NC(=O)c1ccc(C=CCc2ccc3ccccc3c2)cc1-c1ccccc1C)C(=O)O.[H-].[Li+]. The number of aryl methyl sites for hydroxylation is 1. The van der Waals surface area contributed by atoms with Gasteiger partial charge in [0.05, 0.1) is 0 Å². The van der Waals surface area contributed by atoms with Crippen LogP contribution in [0.5, 0.6) is 0 Å². The van der Waals surface area contributed by atoms with E-state index in [1.165, 1.54) is 16.3 Å². The van der Waals surface area contributed by atoms with Crippen LogP contribution in [-0.2, 0) is 11.2 Å². The van der Waals surface area contributed by atoms with Crippen molar-refractivity contribution in [3.05, 3.63) is 113 Å². The first-order valence-electron chi connectivity index (χ1n) is 12.3. The van der Waals surface area contributed by atoms with Gasteiger partial charge in [-0.15, -0.1) is 0 Å². The van der Waals surface area contributed by atoms with E-state index in [1.54, 1.807) is 17.8 Å². The van der Waals surface area contributed by atoms with Crippen molar-refractivity contribution in [3.8, 4) is 11.1 Å². The van der Waals surface area contributed by atoms with Crippen molar-refractivity contribution in [3.63, 3.8) is 0 Å². The summed E-state index contributed by atoms with van der Waals surface area (Å²) in [4.78, 5) is 25.0. The first kappa shape index (κ1) is 29.3. The van der Waals surface area contributed by atoms with E-state index in [9.17, 15) is 14.7 Å². The molecule has 0 aliphatic heterocycles. The zero-order valence-electron chi connectivity index (χ0n) is 23.1. The van der Waals surface area contributed by atoms with Crippen LogP contribution < -0.4 is 24.2 Å². The Bertz CT molecular complexity index is 1460. The Morgan fingerprint density at radius 2 is 1.68 bits per heavy atom. The summed E-state index contributed by atoms with van der Waals surface area (Å²) in [5.74, 6) is -0.741. The van der Waals surface area contributed by atoms with Crippen molar-refractivity contribution in [1.29, 1.82) is 0 Å². The molecule has 190 valence electrons. The number of carbonyl (C=O) groups excluding carboxylic acids is 1. The summed E-state index contributed by atoms with van der Waals surface area (Å²) in [6.45, 7) is 2.01. The average molecular weight is 518 g/mol. The van der Waals surface area contributed by atoms with Crippen LogP contribution in [0, 0.1) is 6.92 Å². The van der Waals surface area contributed by atoms with Crippen molar-refractivity contribution in [2.75, 3.05) is 12.0 Å². The molecule has 2 N–H and O–H groups in total. The molecule has 1 amide bonds. The smallest absolute Gasteiger partial charge is 1.00 e. The molecule has 4 aromatic rings. The van der Waals surface area contributed by atoms with Gasteiger partial charge in [0.2, 0.25) is 0 Å². The normalized spacial score (nSPS) is 11.7. The number of thioether (sulfide) groups is 1. The summed E-state index contributed by atoms with van der Waals surface area (Å²) in [6, 6.07) is 27.5. The van der Waals surface area contributed by atoms with Gasteiger partial charge < -0.3 is 11.8 Å². The summed E-state index contributed by atoms with van der Waals surface area (Å²) in [6.07, 6.45) is 7.28. The van der Waals surface area contributed by atoms with Gasteiger partial charge in [-0.25, -0.2) is 4.79 Å². The predicted molar refractivity (Wildman–Crippen MR) is 156 cm³/mol. The molecular formula is C32H32LiNO3S. The quantitative estimate of drug-likeness (QED) is 0.311. The number of rotatable bonds is 10. The van der Waals surface area contributed by atoms with Crippen molar-refractivity contribution in [2.45, 2.75) is 25.8 Å². The van der Waals surface area contributed by atoms with Crippen molar-refractivity contribution >= 4 is 40.5 Å². The van der Waals surface area contributed by atoms with Gasteiger partial charge >= 0.3 is 24.8 Å². The van der Waals surface area contributed by atoms with E-state index < -0.39 is 12.0 Å². The number of benzene rings is 4. The molecule has 0 radical (unpaired) electrons. The molecule has 0 spiro atoms. The summed E-state index contributed by atoms with van der Waals surface area (Å²) in [5.41, 5.74) is 5.47. The Morgan fingerprint density at radius 1 is 0.947 bits per heavy atom. The monoisotopic (exact) mass is 517 g/mol. The molecule has 0 aromatic heterocycles. The number of nitrogens with one attached hydrogen (secondary N) is 1. The number of carbonyl (C=O) groups is 2. The first-order chi connectivity index (χ1) is 18.0. The minimum atomic E-state index is -1.02. The number of hydrogen-bond acceptors (Lipinski definition) is 3. The molecule has 4 nitrogen and oxygen atoms in total. The number of fused-ring (bicyclic) bond motifs is 1. The molecule has 0 heterocycles. The van der Waals surface area contributed by atoms with Crippen molar-refractivity contribution in [1.82, 2.24) is 5.32 Å². The third-order valence-electron chi connectivity index (χ3n) is 6.42. The molecule has 0 bridgehead atoms. The minimum Gasteiger partial charge on any atom is -1.00 e. The van der Waals surface area contributed by atoms with Crippen LogP contribution in [0.3, 0.4) is 0 Å². The number of aliphatic carboxylic acids is 1. The Hall–Kier alpha value is -3.23. The summed E-state index contributed by atoms with van der Waals surface area (Å²) < 4.78 is 0. The standard InChI is InChI=1S/C32H31NO3S.Li.H/c1-22-8-3-6-13-27(22)29-21-24(10-7-9-23-14-16-25-11-4-5-12-26(25)20-23)15-17-28(29)31(34)33-30(32(35)36)18-19-37-2;;/h3-8,10-17,20-21,30H,9,18-19H2,1-2H3,(H,33,34)(H,35,36);;/q;+1;-1/t30-;;/m0../s1. The fourth-order valence-corrected chi connectivity index (χ4v) is 4.86. The van der Waals surface area contributed by atoms with Gasteiger partial charge in [0.25, 0.3) is 5.91 Å². The molecule has 4 aromatic carbocycles. The fraction of sp³-hybridized carbons (Fsp3) is 0.188. The molecule has 4 rings (SSSR count). The maximum Gasteiger partial charge on any atom is 1.00 e. The molecule has 0 saturated heterocycles. The molecule has 0 aliphatic carbocycles. The van der Waals surface area contributed by atoms with Gasteiger partial charge in [-0.05, 0) is 82.5 Å². The first-order valence-corrected chi connectivity index (χ1v) is 13.7. The predicted octanol–water partition coefficient (Wildman–Crippen LogP) is 4.12. The van der Waals surface area contributed by atoms with Crippen LogP contribution >= 0.6 is 11.8 Å². The third kappa shape index (κ3) is 7.42. The second-order valence-electron chi connectivity index (χ2n) is 9.05. The van der Waals surface area contributed by atoms with E-state index in [0.29, 0.717) is 17.7 Å². The fourth-order valence-electron chi connectivity index (χ4n) is 4.39. The largest absolute Gasteiger partial charge is 1.00 e. The Labute approximate surface area is 242 Å². The van der Waals surface area contributed by atoms with Crippen LogP contribution in [0.25, 0.3) is 28.0 Å². The number of carboxylic acid groups (broad SMARTS) is 1. The van der Waals surface area contributed by atoms with Gasteiger partial charge in [-0.2, -0.15) is 11.8 Å². The molecular weight excluding hydrogens is 485 g/mol. The van der Waals surface area contributed by atoms with E-state index in [4.69, 9.17) is 0 Å². The second kappa shape index (κ2) is 14.1. The average Bonchev–Trinajstić information content (AvgIpc) is 2.91. The summed E-state index contributed by atoms with van der Waals surface area (Å²) >= 11 is 1.56. The number of hydrogen-bond donors (Lipinski definition) is 2. The van der Waals surface area contributed by atoms with E-state index in [2.05, 4.69) is 47.8 Å². The molecule has 6 heteroatoms. The molecule has 1 atom stereocenters. The number of amides is 1. The number of allylic oxidation sites excluding steroid dienone is 1. The van der Waals surface area contributed by atoms with E-state index in [0.717, 1.165) is 28.7 Å². The maximum absolute atomic E-state index is 13.2. The Kier molecular flexibility index (Phi) is 10.9. The Balaban J connectivity index is 0.00000267. The zero-order chi connectivity index (χ0) is 26.2. The van der Waals surface area contributed by atoms with E-state index >= 15 is 0 Å². The number of carboxylic acids is 1. The topological polar surface area (TPSA) is 66.4 Å². The molecule has 0 fully saturated rings. The van der Waals surface area contributed by atoms with Crippen molar-refractivity contribution < 1.29 is 35.0 Å². The van der Waals surface area contributed by atoms with Crippen molar-refractivity contribution in [2.24, 2.45) is 0 Å². The van der Waals surface area contributed by atoms with Gasteiger partial charge in [0.1, 0.15) is 6.04 Å². The Morgan fingerprint density at radius 3 is 2.42 bits per heavy atom. The van der Waals surface area contributed by atoms with Crippen LogP contribution in [0.1, 0.15) is 34.9 Å². The minimum absolute atomic E-state index is 0. The zero-order valence-corrected chi connectivity index (χ0v) is 22.9.